The standard InChI is InChI=1S/C27H27ClFN5O3/c1-27(2,3)33(5)26(35)24-20-14-37-23-13-22(36-6)18(21-7-8-32(4)30-21)12-19(23)25(20)34(31-24)17-10-15(28)9-16(29)11-17/h7-13H,14H2,1-6H3. The van der Waals surface area contributed by atoms with Gasteiger partial charge in [-0.3, -0.25) is 9.48 Å². The topological polar surface area (TPSA) is 74.4 Å². The van der Waals surface area contributed by atoms with Gasteiger partial charge in [0.05, 0.1) is 24.2 Å². The highest BCUT2D eigenvalue weighted by Crippen LogP contribution is 2.46. The lowest BCUT2D eigenvalue weighted by atomic mass is 9.97. The van der Waals surface area contributed by atoms with Crippen LogP contribution in [-0.2, 0) is 13.7 Å². The Morgan fingerprint density at radius 1 is 1.16 bits per heavy atom. The van der Waals surface area contributed by atoms with E-state index in [1.54, 1.807) is 40.6 Å². The van der Waals surface area contributed by atoms with Crippen LogP contribution in [0.3, 0.4) is 0 Å². The zero-order chi connectivity index (χ0) is 26.6. The van der Waals surface area contributed by atoms with Gasteiger partial charge in [0.2, 0.25) is 0 Å². The first-order valence-electron chi connectivity index (χ1n) is 11.7. The summed E-state index contributed by atoms with van der Waals surface area (Å²) in [5, 5.41) is 9.44. The second-order valence-electron chi connectivity index (χ2n) is 9.96. The molecule has 0 spiro atoms. The molecule has 10 heteroatoms. The molecule has 37 heavy (non-hydrogen) atoms. The number of rotatable bonds is 4. The predicted octanol–water partition coefficient (Wildman–Crippen LogP) is 5.50. The largest absolute Gasteiger partial charge is 0.496 e. The molecule has 2 aromatic heterocycles. The van der Waals surface area contributed by atoms with Crippen LogP contribution in [0.4, 0.5) is 4.39 Å². The lowest BCUT2D eigenvalue weighted by molar-refractivity contribution is 0.0646. The van der Waals surface area contributed by atoms with Crippen LogP contribution in [0.25, 0.3) is 28.2 Å². The number of fused-ring (bicyclic) bond motifs is 3. The normalized spacial score (nSPS) is 12.5. The molecule has 0 saturated carbocycles. The highest BCUT2D eigenvalue weighted by molar-refractivity contribution is 6.30. The Labute approximate surface area is 219 Å². The molecule has 0 unspecified atom stereocenters. The molecule has 0 aliphatic carbocycles. The van der Waals surface area contributed by atoms with E-state index in [0.29, 0.717) is 39.7 Å². The monoisotopic (exact) mass is 523 g/mol. The average Bonchev–Trinajstić information content (AvgIpc) is 3.45. The average molecular weight is 524 g/mol. The van der Waals surface area contributed by atoms with Gasteiger partial charge in [-0.15, -0.1) is 0 Å². The van der Waals surface area contributed by atoms with Crippen molar-refractivity contribution in [3.8, 4) is 39.7 Å². The second-order valence-corrected chi connectivity index (χ2v) is 10.4. The quantitative estimate of drug-likeness (QED) is 0.353. The van der Waals surface area contributed by atoms with Gasteiger partial charge >= 0.3 is 0 Å². The van der Waals surface area contributed by atoms with Gasteiger partial charge < -0.3 is 14.4 Å². The van der Waals surface area contributed by atoms with Crippen LogP contribution >= 0.6 is 11.6 Å². The maximum absolute atomic E-state index is 14.4. The molecule has 0 N–H and O–H groups in total. The number of hydrogen-bond acceptors (Lipinski definition) is 5. The van der Waals surface area contributed by atoms with Crippen molar-refractivity contribution in [1.82, 2.24) is 24.5 Å². The van der Waals surface area contributed by atoms with E-state index in [1.165, 1.54) is 12.1 Å². The first-order valence-corrected chi connectivity index (χ1v) is 12.1. The summed E-state index contributed by atoms with van der Waals surface area (Å²) in [5.41, 5.74) is 3.52. The maximum Gasteiger partial charge on any atom is 0.274 e. The molecule has 0 saturated heterocycles. The molecule has 1 aliphatic rings. The van der Waals surface area contributed by atoms with E-state index in [2.05, 4.69) is 5.10 Å². The van der Waals surface area contributed by atoms with E-state index < -0.39 is 11.4 Å². The van der Waals surface area contributed by atoms with Gasteiger partial charge in [0.15, 0.2) is 5.69 Å². The van der Waals surface area contributed by atoms with Crippen LogP contribution in [0, 0.1) is 5.82 Å². The van der Waals surface area contributed by atoms with Crippen LogP contribution < -0.4 is 9.47 Å². The fraction of sp³-hybridized carbons (Fsp3) is 0.296. The Hall–Kier alpha value is -3.85. The molecule has 8 nitrogen and oxygen atoms in total. The Balaban J connectivity index is 1.79. The van der Waals surface area contributed by atoms with E-state index in [4.69, 9.17) is 26.2 Å². The van der Waals surface area contributed by atoms with Crippen molar-refractivity contribution < 1.29 is 18.7 Å². The number of methoxy groups -OCH3 is 1. The zero-order valence-corrected chi connectivity index (χ0v) is 22.2. The van der Waals surface area contributed by atoms with Gasteiger partial charge in [0, 0.05) is 53.6 Å². The molecule has 0 atom stereocenters. The summed E-state index contributed by atoms with van der Waals surface area (Å²) >= 11 is 6.20. The predicted molar refractivity (Wildman–Crippen MR) is 139 cm³/mol. The van der Waals surface area contributed by atoms with Crippen molar-refractivity contribution in [3.63, 3.8) is 0 Å². The summed E-state index contributed by atoms with van der Waals surface area (Å²) < 4.78 is 29.4. The van der Waals surface area contributed by atoms with Crippen molar-refractivity contribution in [2.24, 2.45) is 7.05 Å². The maximum atomic E-state index is 14.4. The molecule has 1 aliphatic heterocycles. The summed E-state index contributed by atoms with van der Waals surface area (Å²) in [6.07, 6.45) is 1.84. The number of carbonyl (C=O) groups excluding carboxylic acids is 1. The van der Waals surface area contributed by atoms with Gasteiger partial charge in [0.25, 0.3) is 5.91 Å². The zero-order valence-electron chi connectivity index (χ0n) is 21.5. The van der Waals surface area contributed by atoms with Crippen molar-refractivity contribution >= 4 is 17.5 Å². The van der Waals surface area contributed by atoms with Crippen molar-refractivity contribution in [3.05, 3.63) is 64.7 Å². The number of amides is 1. The molecule has 3 heterocycles. The minimum Gasteiger partial charge on any atom is -0.496 e. The number of nitrogens with zero attached hydrogens (tertiary/aromatic N) is 5. The number of halogens is 2. The van der Waals surface area contributed by atoms with Crippen LogP contribution in [0.15, 0.2) is 42.6 Å². The van der Waals surface area contributed by atoms with Gasteiger partial charge in [-0.2, -0.15) is 10.2 Å². The minimum absolute atomic E-state index is 0.108. The van der Waals surface area contributed by atoms with E-state index in [1.807, 2.05) is 46.1 Å². The molecular weight excluding hydrogens is 497 g/mol. The summed E-state index contributed by atoms with van der Waals surface area (Å²) in [4.78, 5) is 15.2. The Morgan fingerprint density at radius 2 is 1.92 bits per heavy atom. The first-order chi connectivity index (χ1) is 17.5. The van der Waals surface area contributed by atoms with E-state index in [0.717, 1.165) is 5.56 Å². The van der Waals surface area contributed by atoms with Crippen molar-refractivity contribution in [1.29, 1.82) is 0 Å². The van der Waals surface area contributed by atoms with Crippen LogP contribution in [0.5, 0.6) is 11.5 Å². The summed E-state index contributed by atoms with van der Waals surface area (Å²) in [6.45, 7) is 5.93. The Bertz CT molecular complexity index is 1520. The van der Waals surface area contributed by atoms with Crippen molar-refractivity contribution in [2.75, 3.05) is 14.2 Å². The highest BCUT2D eigenvalue weighted by atomic mass is 35.5. The SMILES string of the molecule is COc1cc2c(cc1-c1ccn(C)n1)-c1c(c(C(=O)N(C)C(C)(C)C)nn1-c1cc(F)cc(Cl)c1)CO2. The fourth-order valence-electron chi connectivity index (χ4n) is 4.29. The molecule has 0 radical (unpaired) electrons. The highest BCUT2D eigenvalue weighted by Gasteiger charge is 2.35. The number of aryl methyl sites for hydroxylation is 1. The summed E-state index contributed by atoms with van der Waals surface area (Å²) in [7, 11) is 5.15. The van der Waals surface area contributed by atoms with Crippen molar-refractivity contribution in [2.45, 2.75) is 32.9 Å². The van der Waals surface area contributed by atoms with Crippen LogP contribution in [0.1, 0.15) is 36.8 Å². The number of hydrogen-bond donors (Lipinski definition) is 0. The third-order valence-electron chi connectivity index (χ3n) is 6.51. The Kier molecular flexibility index (Phi) is 5.98. The molecule has 4 aromatic rings. The minimum atomic E-state index is -0.511. The molecule has 2 aromatic carbocycles. The van der Waals surface area contributed by atoms with Gasteiger partial charge in [-0.1, -0.05) is 11.6 Å². The molecule has 5 rings (SSSR count). The second kappa shape index (κ2) is 8.92. The van der Waals surface area contributed by atoms with Gasteiger partial charge in [-0.05, 0) is 51.1 Å². The number of ether oxygens (including phenoxy) is 2. The van der Waals surface area contributed by atoms with E-state index in [9.17, 15) is 9.18 Å². The molecule has 192 valence electrons. The number of aromatic nitrogens is 4. The number of benzene rings is 2. The summed E-state index contributed by atoms with van der Waals surface area (Å²) in [6, 6.07) is 9.74. The van der Waals surface area contributed by atoms with Crippen LogP contribution in [0.2, 0.25) is 5.02 Å². The molecule has 1 amide bonds. The number of carbonyl (C=O) groups is 1. The Morgan fingerprint density at radius 3 is 2.54 bits per heavy atom. The van der Waals surface area contributed by atoms with Crippen LogP contribution in [-0.4, -0.2) is 50.1 Å². The summed E-state index contributed by atoms with van der Waals surface area (Å²) in [5.74, 6) is 0.360. The third kappa shape index (κ3) is 4.33. The fourth-order valence-corrected chi connectivity index (χ4v) is 4.51. The lowest BCUT2D eigenvalue weighted by Crippen LogP contribution is -2.43. The lowest BCUT2D eigenvalue weighted by Gasteiger charge is -2.31. The molecule has 0 bridgehead atoms. The van der Waals surface area contributed by atoms with Gasteiger partial charge in [-0.25, -0.2) is 9.07 Å². The molecular formula is C27H27ClFN5O3. The van der Waals surface area contributed by atoms with Gasteiger partial charge in [0.1, 0.15) is 23.9 Å². The third-order valence-corrected chi connectivity index (χ3v) is 6.73. The first kappa shape index (κ1) is 24.8. The smallest absolute Gasteiger partial charge is 0.274 e. The molecule has 0 fully saturated rings. The van der Waals surface area contributed by atoms with E-state index >= 15 is 0 Å². The van der Waals surface area contributed by atoms with E-state index in [-0.39, 0.29) is 23.2 Å².